The van der Waals surface area contributed by atoms with Crippen molar-refractivity contribution in [1.82, 2.24) is 10.3 Å². The third kappa shape index (κ3) is 3.67. The van der Waals surface area contributed by atoms with Crippen LogP contribution in [0.15, 0.2) is 40.8 Å². The first-order valence-corrected chi connectivity index (χ1v) is 9.62. The number of carbonyl (C=O) groups excluding carboxylic acids is 1. The second-order valence-electron chi connectivity index (χ2n) is 7.34. The molecule has 1 N–H and O–H groups in total. The van der Waals surface area contributed by atoms with Gasteiger partial charge in [-0.25, -0.2) is 4.98 Å². The van der Waals surface area contributed by atoms with Crippen LogP contribution in [0.25, 0.3) is 11.1 Å². The second-order valence-corrected chi connectivity index (χ2v) is 7.34. The minimum Gasteiger partial charge on any atom is -0.490 e. The summed E-state index contributed by atoms with van der Waals surface area (Å²) in [6.45, 7) is 7.28. The lowest BCUT2D eigenvalue weighted by Gasteiger charge is -2.16. The average Bonchev–Trinajstić information content (AvgIpc) is 2.98. The maximum absolute atomic E-state index is 12.7. The molecule has 3 aromatic rings. The molecule has 0 saturated carbocycles. The molecule has 0 aliphatic carbocycles. The number of hydrogen-bond acceptors (Lipinski definition) is 5. The van der Waals surface area contributed by atoms with Crippen LogP contribution < -0.4 is 14.8 Å². The van der Waals surface area contributed by atoms with Gasteiger partial charge in [0.1, 0.15) is 5.52 Å². The van der Waals surface area contributed by atoms with E-state index in [0.29, 0.717) is 35.8 Å². The number of nitrogens with one attached hydrogen (secondary N) is 1. The molecule has 2 heterocycles. The molecule has 4 rings (SSSR count). The number of benzene rings is 2. The van der Waals surface area contributed by atoms with Crippen molar-refractivity contribution < 1.29 is 18.7 Å². The first-order chi connectivity index (χ1) is 13.5. The van der Waals surface area contributed by atoms with E-state index in [1.807, 2.05) is 39.0 Å². The van der Waals surface area contributed by atoms with E-state index in [0.717, 1.165) is 23.5 Å². The summed E-state index contributed by atoms with van der Waals surface area (Å²) in [6.07, 6.45) is 0.860. The molecule has 6 heteroatoms. The Morgan fingerprint density at radius 1 is 1.04 bits per heavy atom. The predicted octanol–water partition coefficient (Wildman–Crippen LogP) is 4.60. The van der Waals surface area contributed by atoms with Crippen molar-refractivity contribution in [2.24, 2.45) is 0 Å². The molecule has 0 radical (unpaired) electrons. The van der Waals surface area contributed by atoms with Crippen LogP contribution in [0.1, 0.15) is 61.0 Å². The lowest BCUT2D eigenvalue weighted by Crippen LogP contribution is -2.26. The highest BCUT2D eigenvalue weighted by Crippen LogP contribution is 2.32. The zero-order valence-electron chi connectivity index (χ0n) is 16.3. The molecular weight excluding hydrogens is 356 g/mol. The molecule has 1 aromatic heterocycles. The molecule has 0 bridgehead atoms. The van der Waals surface area contributed by atoms with Crippen molar-refractivity contribution in [2.75, 3.05) is 13.2 Å². The number of fused-ring (bicyclic) bond motifs is 2. The molecule has 0 fully saturated rings. The third-order valence-electron chi connectivity index (χ3n) is 4.78. The summed E-state index contributed by atoms with van der Waals surface area (Å²) >= 11 is 0. The molecule has 2 aromatic carbocycles. The summed E-state index contributed by atoms with van der Waals surface area (Å²) in [5.74, 6) is 2.19. The molecule has 1 amide bonds. The van der Waals surface area contributed by atoms with E-state index in [1.165, 1.54) is 0 Å². The van der Waals surface area contributed by atoms with Crippen LogP contribution in [0.2, 0.25) is 0 Å². The maximum Gasteiger partial charge on any atom is 0.251 e. The molecule has 1 aliphatic heterocycles. The Morgan fingerprint density at radius 2 is 1.82 bits per heavy atom. The van der Waals surface area contributed by atoms with Crippen LogP contribution in [-0.2, 0) is 0 Å². The molecule has 0 saturated heterocycles. The Kier molecular flexibility index (Phi) is 4.94. The van der Waals surface area contributed by atoms with Gasteiger partial charge in [0.05, 0.1) is 19.3 Å². The Hall–Kier alpha value is -3.02. The summed E-state index contributed by atoms with van der Waals surface area (Å²) in [6, 6.07) is 10.9. The fraction of sp³-hybridized carbons (Fsp3) is 0.364. The number of nitrogens with zero attached hydrogens (tertiary/aromatic N) is 1. The quantitative estimate of drug-likeness (QED) is 0.716. The van der Waals surface area contributed by atoms with Gasteiger partial charge < -0.3 is 19.2 Å². The van der Waals surface area contributed by atoms with Gasteiger partial charge in [0.15, 0.2) is 23.0 Å². The zero-order chi connectivity index (χ0) is 19.7. The monoisotopic (exact) mass is 380 g/mol. The van der Waals surface area contributed by atoms with Crippen molar-refractivity contribution in [3.8, 4) is 11.5 Å². The minimum absolute atomic E-state index is 0.157. The molecule has 28 heavy (non-hydrogen) atoms. The Morgan fingerprint density at radius 3 is 2.61 bits per heavy atom. The highest BCUT2D eigenvalue weighted by Gasteiger charge is 2.17. The first-order valence-electron chi connectivity index (χ1n) is 9.62. The molecule has 0 unspecified atom stereocenters. The highest BCUT2D eigenvalue weighted by molar-refractivity contribution is 5.97. The molecular formula is C22H24N2O4. The average molecular weight is 380 g/mol. The summed E-state index contributed by atoms with van der Waals surface area (Å²) < 4.78 is 17.1. The van der Waals surface area contributed by atoms with Crippen molar-refractivity contribution in [3.63, 3.8) is 0 Å². The SMILES string of the molecule is CC(C)c1nc2cc(C(=O)N[C@@H](C)c3ccc4c(c3)OCCCO4)ccc2o1. The number of carbonyl (C=O) groups is 1. The summed E-state index contributed by atoms with van der Waals surface area (Å²) in [5.41, 5.74) is 2.90. The van der Waals surface area contributed by atoms with Gasteiger partial charge in [-0.1, -0.05) is 19.9 Å². The van der Waals surface area contributed by atoms with Crippen LogP contribution >= 0.6 is 0 Å². The van der Waals surface area contributed by atoms with E-state index in [1.54, 1.807) is 18.2 Å². The summed E-state index contributed by atoms with van der Waals surface area (Å²) in [7, 11) is 0. The van der Waals surface area contributed by atoms with Gasteiger partial charge in [-0.15, -0.1) is 0 Å². The first kappa shape index (κ1) is 18.3. The van der Waals surface area contributed by atoms with Gasteiger partial charge in [0.2, 0.25) is 0 Å². The largest absolute Gasteiger partial charge is 0.490 e. The lowest BCUT2D eigenvalue weighted by molar-refractivity contribution is 0.0940. The fourth-order valence-corrected chi connectivity index (χ4v) is 3.15. The number of rotatable bonds is 4. The van der Waals surface area contributed by atoms with E-state index in [2.05, 4.69) is 10.3 Å². The van der Waals surface area contributed by atoms with Crippen LogP contribution in [0.5, 0.6) is 11.5 Å². The number of aromatic nitrogens is 1. The molecule has 6 nitrogen and oxygen atoms in total. The minimum atomic E-state index is -0.177. The van der Waals surface area contributed by atoms with E-state index >= 15 is 0 Å². The molecule has 1 atom stereocenters. The van der Waals surface area contributed by atoms with E-state index < -0.39 is 0 Å². The highest BCUT2D eigenvalue weighted by atomic mass is 16.5. The van der Waals surface area contributed by atoms with Gasteiger partial charge in [0, 0.05) is 17.9 Å². The molecule has 1 aliphatic rings. The lowest BCUT2D eigenvalue weighted by atomic mass is 10.1. The van der Waals surface area contributed by atoms with Gasteiger partial charge in [-0.05, 0) is 42.8 Å². The third-order valence-corrected chi connectivity index (χ3v) is 4.78. The van der Waals surface area contributed by atoms with Crippen LogP contribution in [0.4, 0.5) is 0 Å². The molecule has 146 valence electrons. The van der Waals surface area contributed by atoms with Crippen LogP contribution in [-0.4, -0.2) is 24.1 Å². The number of amides is 1. The van der Waals surface area contributed by atoms with Gasteiger partial charge in [-0.2, -0.15) is 0 Å². The number of oxazole rings is 1. The maximum atomic E-state index is 12.7. The zero-order valence-corrected chi connectivity index (χ0v) is 16.3. The smallest absolute Gasteiger partial charge is 0.251 e. The van der Waals surface area contributed by atoms with Crippen LogP contribution in [0, 0.1) is 0 Å². The summed E-state index contributed by atoms with van der Waals surface area (Å²) in [4.78, 5) is 17.2. The van der Waals surface area contributed by atoms with E-state index in [9.17, 15) is 4.79 Å². The Balaban J connectivity index is 1.51. The second kappa shape index (κ2) is 7.54. The van der Waals surface area contributed by atoms with Gasteiger partial charge in [0.25, 0.3) is 5.91 Å². The number of ether oxygens (including phenoxy) is 2. The summed E-state index contributed by atoms with van der Waals surface area (Å²) in [5, 5.41) is 3.04. The van der Waals surface area contributed by atoms with Gasteiger partial charge >= 0.3 is 0 Å². The van der Waals surface area contributed by atoms with Crippen molar-refractivity contribution in [3.05, 3.63) is 53.4 Å². The Labute approximate surface area is 163 Å². The standard InChI is InChI=1S/C22H24N2O4/c1-13(2)22-24-17-11-16(6-7-18(17)28-22)21(25)23-14(3)15-5-8-19-20(12-15)27-10-4-9-26-19/h5-8,11-14H,4,9-10H2,1-3H3,(H,23,25)/t14-/m0/s1. The molecule has 0 spiro atoms. The predicted molar refractivity (Wildman–Crippen MR) is 106 cm³/mol. The van der Waals surface area contributed by atoms with E-state index in [4.69, 9.17) is 13.9 Å². The van der Waals surface area contributed by atoms with Crippen molar-refractivity contribution in [1.29, 1.82) is 0 Å². The van der Waals surface area contributed by atoms with Crippen molar-refractivity contribution in [2.45, 2.75) is 39.2 Å². The Bertz CT molecular complexity index is 1010. The van der Waals surface area contributed by atoms with E-state index in [-0.39, 0.29) is 17.9 Å². The van der Waals surface area contributed by atoms with Crippen molar-refractivity contribution >= 4 is 17.0 Å². The topological polar surface area (TPSA) is 73.6 Å². The van der Waals surface area contributed by atoms with Crippen LogP contribution in [0.3, 0.4) is 0 Å². The number of hydrogen-bond donors (Lipinski definition) is 1. The normalized spacial score (nSPS) is 14.7. The fourth-order valence-electron chi connectivity index (χ4n) is 3.15. The van der Waals surface area contributed by atoms with Gasteiger partial charge in [-0.3, -0.25) is 4.79 Å².